The zero-order valence-electron chi connectivity index (χ0n) is 10.9. The molecule has 1 spiro atoms. The largest absolute Gasteiger partial charge is 0.332 e. The van der Waals surface area contributed by atoms with Gasteiger partial charge in [0.15, 0.2) is 0 Å². The molecule has 1 aliphatic heterocycles. The molecule has 1 aromatic rings. The first-order valence-electron chi connectivity index (χ1n) is 6.65. The molecule has 1 saturated heterocycles. The van der Waals surface area contributed by atoms with E-state index in [-0.39, 0.29) is 17.9 Å². The van der Waals surface area contributed by atoms with Crippen LogP contribution in [0.4, 0.5) is 10.7 Å². The fraction of sp³-hybridized carbons (Fsp3) is 0.667. The van der Waals surface area contributed by atoms with E-state index >= 15 is 0 Å². The lowest BCUT2D eigenvalue weighted by atomic mass is 9.90. The molecule has 0 atom stereocenters. The number of urea groups is 1. The van der Waals surface area contributed by atoms with E-state index in [9.17, 15) is 9.59 Å². The summed E-state index contributed by atoms with van der Waals surface area (Å²) in [6.45, 7) is 0. The second-order valence-corrected chi connectivity index (χ2v) is 5.25. The smallest absolute Gasteiger partial charge is 0.323 e. The van der Waals surface area contributed by atoms with Gasteiger partial charge in [-0.25, -0.2) is 9.48 Å². The van der Waals surface area contributed by atoms with Crippen molar-refractivity contribution in [2.75, 3.05) is 4.90 Å². The standard InChI is InChI=1S/C12H17N5O2/c1-16-10(13-8-14-16)17-9(18)12(15-11(17)19)6-4-2-3-5-7-12/h8H,2-7H2,1H3,(H,15,19). The molecule has 3 rings (SSSR count). The Kier molecular flexibility index (Phi) is 2.76. The Morgan fingerprint density at radius 1 is 1.21 bits per heavy atom. The molecule has 19 heavy (non-hydrogen) atoms. The average molecular weight is 263 g/mol. The minimum Gasteiger partial charge on any atom is -0.323 e. The van der Waals surface area contributed by atoms with Gasteiger partial charge in [-0.3, -0.25) is 4.79 Å². The Labute approximate surface area is 111 Å². The molecular formula is C12H17N5O2. The summed E-state index contributed by atoms with van der Waals surface area (Å²) in [5, 5.41) is 6.79. The molecule has 0 aromatic carbocycles. The molecule has 1 saturated carbocycles. The zero-order chi connectivity index (χ0) is 13.5. The predicted molar refractivity (Wildman–Crippen MR) is 67.5 cm³/mol. The van der Waals surface area contributed by atoms with Crippen LogP contribution in [0.25, 0.3) is 0 Å². The number of amides is 3. The number of aryl methyl sites for hydroxylation is 1. The normalized spacial score (nSPS) is 22.7. The number of carbonyl (C=O) groups is 2. The SMILES string of the molecule is Cn1ncnc1N1C(=O)NC2(CCCCCC2)C1=O. The number of nitrogens with zero attached hydrogens (tertiary/aromatic N) is 4. The summed E-state index contributed by atoms with van der Waals surface area (Å²) in [7, 11) is 1.67. The maximum Gasteiger partial charge on any atom is 0.332 e. The van der Waals surface area contributed by atoms with Gasteiger partial charge in [-0.05, 0) is 12.8 Å². The van der Waals surface area contributed by atoms with Crippen molar-refractivity contribution in [3.8, 4) is 0 Å². The van der Waals surface area contributed by atoms with Gasteiger partial charge in [-0.1, -0.05) is 25.7 Å². The minimum atomic E-state index is -0.723. The number of imide groups is 1. The van der Waals surface area contributed by atoms with Crippen LogP contribution < -0.4 is 10.2 Å². The van der Waals surface area contributed by atoms with Gasteiger partial charge in [0.25, 0.3) is 5.91 Å². The molecule has 2 heterocycles. The molecule has 1 aliphatic carbocycles. The fourth-order valence-electron chi connectivity index (χ4n) is 2.97. The first-order chi connectivity index (χ1) is 9.14. The summed E-state index contributed by atoms with van der Waals surface area (Å²) < 4.78 is 1.44. The Bertz CT molecular complexity index is 516. The van der Waals surface area contributed by atoms with Gasteiger partial charge in [0, 0.05) is 7.05 Å². The van der Waals surface area contributed by atoms with Crippen molar-refractivity contribution in [3.05, 3.63) is 6.33 Å². The topological polar surface area (TPSA) is 80.1 Å². The minimum absolute atomic E-state index is 0.185. The predicted octanol–water partition coefficient (Wildman–Crippen LogP) is 0.964. The van der Waals surface area contributed by atoms with Crippen molar-refractivity contribution in [1.29, 1.82) is 0 Å². The third-order valence-electron chi connectivity index (χ3n) is 4.01. The molecule has 0 bridgehead atoms. The van der Waals surface area contributed by atoms with E-state index in [1.54, 1.807) is 7.05 Å². The third-order valence-corrected chi connectivity index (χ3v) is 4.01. The van der Waals surface area contributed by atoms with Crippen LogP contribution in [0, 0.1) is 0 Å². The number of hydrogen-bond acceptors (Lipinski definition) is 4. The number of hydrogen-bond donors (Lipinski definition) is 1. The number of nitrogens with one attached hydrogen (secondary N) is 1. The zero-order valence-corrected chi connectivity index (χ0v) is 10.9. The van der Waals surface area contributed by atoms with E-state index < -0.39 is 5.54 Å². The second-order valence-electron chi connectivity index (χ2n) is 5.25. The van der Waals surface area contributed by atoms with Crippen LogP contribution in [0.1, 0.15) is 38.5 Å². The van der Waals surface area contributed by atoms with Gasteiger partial charge < -0.3 is 5.32 Å². The number of anilines is 1. The summed E-state index contributed by atoms with van der Waals surface area (Å²) in [6, 6.07) is -0.386. The molecule has 2 aliphatic rings. The second kappa shape index (κ2) is 4.32. The van der Waals surface area contributed by atoms with Gasteiger partial charge in [-0.2, -0.15) is 15.0 Å². The first kappa shape index (κ1) is 12.1. The Balaban J connectivity index is 1.95. The van der Waals surface area contributed by atoms with Gasteiger partial charge >= 0.3 is 6.03 Å². The molecular weight excluding hydrogens is 246 g/mol. The van der Waals surface area contributed by atoms with Gasteiger partial charge in [0.2, 0.25) is 5.95 Å². The van der Waals surface area contributed by atoms with E-state index in [0.717, 1.165) is 30.6 Å². The summed E-state index contributed by atoms with van der Waals surface area (Å²) >= 11 is 0. The quantitative estimate of drug-likeness (QED) is 0.765. The lowest BCUT2D eigenvalue weighted by Crippen LogP contribution is -2.46. The van der Waals surface area contributed by atoms with E-state index in [1.165, 1.54) is 11.0 Å². The summed E-state index contributed by atoms with van der Waals surface area (Å²) in [5.41, 5.74) is -0.723. The summed E-state index contributed by atoms with van der Waals surface area (Å²) in [6.07, 6.45) is 6.95. The highest BCUT2D eigenvalue weighted by Crippen LogP contribution is 2.34. The van der Waals surface area contributed by atoms with E-state index in [2.05, 4.69) is 15.4 Å². The highest BCUT2D eigenvalue weighted by molar-refractivity contribution is 6.22. The number of carbonyl (C=O) groups excluding carboxylic acids is 2. The summed E-state index contributed by atoms with van der Waals surface area (Å²) in [5.74, 6) is 0.0964. The van der Waals surface area contributed by atoms with Crippen LogP contribution in [0.2, 0.25) is 0 Å². The van der Waals surface area contributed by atoms with Crippen LogP contribution >= 0.6 is 0 Å². The van der Waals surface area contributed by atoms with Crippen molar-refractivity contribution in [2.24, 2.45) is 7.05 Å². The molecule has 102 valence electrons. The summed E-state index contributed by atoms with van der Waals surface area (Å²) in [4.78, 5) is 29.9. The Morgan fingerprint density at radius 2 is 1.89 bits per heavy atom. The van der Waals surface area contributed by atoms with Gasteiger partial charge in [-0.15, -0.1) is 0 Å². The lowest BCUT2D eigenvalue weighted by Gasteiger charge is -2.24. The van der Waals surface area contributed by atoms with Crippen molar-refractivity contribution in [3.63, 3.8) is 0 Å². The van der Waals surface area contributed by atoms with E-state index in [4.69, 9.17) is 0 Å². The van der Waals surface area contributed by atoms with Gasteiger partial charge in [0.05, 0.1) is 0 Å². The molecule has 7 nitrogen and oxygen atoms in total. The molecule has 1 N–H and O–H groups in total. The van der Waals surface area contributed by atoms with Crippen LogP contribution in [0.5, 0.6) is 0 Å². The fourth-order valence-corrected chi connectivity index (χ4v) is 2.97. The van der Waals surface area contributed by atoms with Crippen molar-refractivity contribution in [2.45, 2.75) is 44.1 Å². The molecule has 0 unspecified atom stereocenters. The molecule has 3 amide bonds. The number of aromatic nitrogens is 3. The van der Waals surface area contributed by atoms with E-state index in [0.29, 0.717) is 12.8 Å². The maximum atomic E-state index is 12.7. The highest BCUT2D eigenvalue weighted by Gasteiger charge is 2.52. The van der Waals surface area contributed by atoms with Crippen molar-refractivity contribution < 1.29 is 9.59 Å². The lowest BCUT2D eigenvalue weighted by molar-refractivity contribution is -0.122. The average Bonchev–Trinajstić information content (AvgIpc) is 2.77. The van der Waals surface area contributed by atoms with Crippen LogP contribution in [0.3, 0.4) is 0 Å². The van der Waals surface area contributed by atoms with Crippen LogP contribution in [-0.4, -0.2) is 32.2 Å². The van der Waals surface area contributed by atoms with Crippen LogP contribution in [-0.2, 0) is 11.8 Å². The molecule has 1 aromatic heterocycles. The van der Waals surface area contributed by atoms with Gasteiger partial charge in [0.1, 0.15) is 11.9 Å². The highest BCUT2D eigenvalue weighted by atomic mass is 16.2. The maximum absolute atomic E-state index is 12.7. The first-order valence-corrected chi connectivity index (χ1v) is 6.65. The Hall–Kier alpha value is -1.92. The van der Waals surface area contributed by atoms with Crippen molar-refractivity contribution >= 4 is 17.9 Å². The molecule has 2 fully saturated rings. The molecule has 0 radical (unpaired) electrons. The van der Waals surface area contributed by atoms with Crippen LogP contribution in [0.15, 0.2) is 6.33 Å². The van der Waals surface area contributed by atoms with E-state index in [1.807, 2.05) is 0 Å². The van der Waals surface area contributed by atoms with Crippen molar-refractivity contribution in [1.82, 2.24) is 20.1 Å². The number of rotatable bonds is 1. The molecule has 7 heteroatoms. The third kappa shape index (κ3) is 1.80. The Morgan fingerprint density at radius 3 is 2.47 bits per heavy atom. The monoisotopic (exact) mass is 263 g/mol.